The molecule has 11 nitrogen and oxygen atoms in total. The van der Waals surface area contributed by atoms with Gasteiger partial charge in [0.1, 0.15) is 4.90 Å². The molecule has 0 spiro atoms. The summed E-state index contributed by atoms with van der Waals surface area (Å²) in [5, 5.41) is 2.92. The van der Waals surface area contributed by atoms with Gasteiger partial charge in [0.2, 0.25) is 0 Å². The molecule has 1 fully saturated rings. The van der Waals surface area contributed by atoms with Crippen LogP contribution in [0.2, 0.25) is 0 Å². The van der Waals surface area contributed by atoms with Crippen LogP contribution in [0.25, 0.3) is 0 Å². The molecule has 0 aliphatic carbocycles. The largest absolute Gasteiger partial charge is 0.433 e. The monoisotopic (exact) mass is 728 g/mol. The van der Waals surface area contributed by atoms with E-state index in [1.807, 2.05) is 12.1 Å². The highest BCUT2D eigenvalue weighted by Crippen LogP contribution is 2.37. The zero-order chi connectivity index (χ0) is 36.3. The number of carbonyl (C=O) groups excluding carboxylic acids is 3. The fraction of sp³-hybridized carbons (Fsp3) is 0.568. The molecule has 0 bridgehead atoms. The molecule has 274 valence electrons. The molecule has 4 rings (SSSR count). The van der Waals surface area contributed by atoms with Gasteiger partial charge in [-0.2, -0.15) is 0 Å². The number of anilines is 1. The second-order valence-corrected chi connectivity index (χ2v) is 16.1. The number of hydrogen-bond acceptors (Lipinski definition) is 9. The summed E-state index contributed by atoms with van der Waals surface area (Å²) in [6.07, 6.45) is 7.84. The molecule has 2 unspecified atom stereocenters. The Kier molecular flexibility index (Phi) is 14.3. The van der Waals surface area contributed by atoms with Crippen LogP contribution >= 0.6 is 11.8 Å². The van der Waals surface area contributed by atoms with Crippen molar-refractivity contribution in [2.45, 2.75) is 114 Å². The minimum Gasteiger partial charge on any atom is -0.433 e. The number of para-hydroxylation sites is 2. The lowest BCUT2D eigenvalue weighted by atomic mass is 10.0. The van der Waals surface area contributed by atoms with E-state index in [2.05, 4.69) is 31.1 Å². The van der Waals surface area contributed by atoms with Gasteiger partial charge in [0.15, 0.2) is 17.5 Å². The van der Waals surface area contributed by atoms with Gasteiger partial charge >= 0.3 is 6.09 Å². The van der Waals surface area contributed by atoms with Crippen LogP contribution in [0.15, 0.2) is 63.3 Å². The first-order valence-electron chi connectivity index (χ1n) is 17.8. The van der Waals surface area contributed by atoms with Crippen LogP contribution in [0.4, 0.5) is 16.2 Å². The van der Waals surface area contributed by atoms with Crippen molar-refractivity contribution in [3.8, 4) is 0 Å². The SMILES string of the molecule is CCCCCCOCCCN1C(C(C(=O)Nc2ccccc2SCC(CC)CCCC)N2C(=O)OC(C)(C)C2=O)=Nc2ccccc2S1(=O)=O. The number of thioether (sulfide) groups is 1. The Hall–Kier alpha value is -3.42. The molecule has 2 heterocycles. The van der Waals surface area contributed by atoms with Gasteiger partial charge in [-0.05, 0) is 63.3 Å². The Labute approximate surface area is 301 Å². The van der Waals surface area contributed by atoms with E-state index in [9.17, 15) is 22.8 Å². The van der Waals surface area contributed by atoms with Crippen LogP contribution in [0.3, 0.4) is 0 Å². The number of nitrogens with zero attached hydrogens (tertiary/aromatic N) is 3. The second kappa shape index (κ2) is 18.2. The number of hydrogen-bond donors (Lipinski definition) is 1. The number of benzene rings is 2. The molecular weight excluding hydrogens is 677 g/mol. The van der Waals surface area contributed by atoms with Crippen LogP contribution in [0, 0.1) is 5.92 Å². The highest BCUT2D eigenvalue weighted by Gasteiger charge is 2.55. The highest BCUT2D eigenvalue weighted by molar-refractivity contribution is 7.99. The molecule has 50 heavy (non-hydrogen) atoms. The van der Waals surface area contributed by atoms with Crippen molar-refractivity contribution in [1.82, 2.24) is 9.21 Å². The summed E-state index contributed by atoms with van der Waals surface area (Å²) in [6.45, 7) is 10.1. The molecule has 1 N–H and O–H groups in total. The zero-order valence-electron chi connectivity index (χ0n) is 30.0. The molecule has 0 saturated carbocycles. The standard InChI is InChI=1S/C37H52N4O7S2/c1-6-9-11-16-24-47-25-17-23-40-33(38-29-20-13-15-22-31(29)50(40,45)46)32(41-35(43)37(4,5)48-36(41)44)34(42)39-28-19-12-14-21-30(28)49-26-27(8-3)18-10-7-2/h12-15,19-22,27,32H,6-11,16-18,23-26H2,1-5H3,(H,39,42). The second-order valence-electron chi connectivity index (χ2n) is 13.2. The number of cyclic esters (lactones) is 1. The van der Waals surface area contributed by atoms with Crippen LogP contribution < -0.4 is 5.32 Å². The predicted octanol–water partition coefficient (Wildman–Crippen LogP) is 7.78. The Morgan fingerprint density at radius 3 is 2.36 bits per heavy atom. The quantitative estimate of drug-likeness (QED) is 0.108. The third kappa shape index (κ3) is 9.46. The third-order valence-electron chi connectivity index (χ3n) is 8.90. The Morgan fingerprint density at radius 2 is 1.66 bits per heavy atom. The predicted molar refractivity (Wildman–Crippen MR) is 197 cm³/mol. The van der Waals surface area contributed by atoms with Gasteiger partial charge < -0.3 is 14.8 Å². The molecule has 2 aliphatic rings. The summed E-state index contributed by atoms with van der Waals surface area (Å²) in [5.74, 6) is -0.464. The summed E-state index contributed by atoms with van der Waals surface area (Å²) < 4.78 is 40.6. The third-order valence-corrected chi connectivity index (χ3v) is 12.1. The number of aliphatic imine (C=N–C) groups is 1. The topological polar surface area (TPSA) is 135 Å². The normalized spacial score (nSPS) is 17.6. The van der Waals surface area contributed by atoms with E-state index in [1.165, 1.54) is 26.0 Å². The molecule has 2 aromatic rings. The van der Waals surface area contributed by atoms with Crippen molar-refractivity contribution >= 4 is 56.9 Å². The van der Waals surface area contributed by atoms with Gasteiger partial charge in [0, 0.05) is 30.4 Å². The van der Waals surface area contributed by atoms with Crippen molar-refractivity contribution in [3.63, 3.8) is 0 Å². The average molecular weight is 729 g/mol. The fourth-order valence-corrected chi connectivity index (χ4v) is 8.81. The summed E-state index contributed by atoms with van der Waals surface area (Å²) in [4.78, 5) is 47.8. The van der Waals surface area contributed by atoms with Crippen LogP contribution in [-0.2, 0) is 29.1 Å². The van der Waals surface area contributed by atoms with Gasteiger partial charge in [-0.15, -0.1) is 11.8 Å². The smallest absolute Gasteiger partial charge is 0.418 e. The van der Waals surface area contributed by atoms with E-state index in [-0.39, 0.29) is 29.6 Å². The minimum absolute atomic E-state index is 0.0330. The maximum atomic E-state index is 14.5. The van der Waals surface area contributed by atoms with Crippen molar-refractivity contribution in [1.29, 1.82) is 0 Å². The lowest BCUT2D eigenvalue weighted by molar-refractivity contribution is -0.137. The molecule has 1 saturated heterocycles. The maximum absolute atomic E-state index is 14.5. The number of carbonyl (C=O) groups is 3. The zero-order valence-corrected chi connectivity index (χ0v) is 31.6. The number of rotatable bonds is 20. The fourth-order valence-electron chi connectivity index (χ4n) is 5.92. The highest BCUT2D eigenvalue weighted by atomic mass is 32.2. The van der Waals surface area contributed by atoms with Crippen molar-refractivity contribution in [2.75, 3.05) is 30.8 Å². The number of unbranched alkanes of at least 4 members (excludes halogenated alkanes) is 4. The average Bonchev–Trinajstić information content (AvgIpc) is 3.29. The van der Waals surface area contributed by atoms with Crippen LogP contribution in [0.1, 0.15) is 92.4 Å². The summed E-state index contributed by atoms with van der Waals surface area (Å²) in [5.41, 5.74) is -0.976. The van der Waals surface area contributed by atoms with E-state index < -0.39 is 39.6 Å². The van der Waals surface area contributed by atoms with Crippen LogP contribution in [0.5, 0.6) is 0 Å². The first kappa shape index (κ1) is 39.4. The number of imide groups is 1. The molecule has 13 heteroatoms. The molecule has 0 radical (unpaired) electrons. The van der Waals surface area contributed by atoms with Gasteiger partial charge in [-0.1, -0.05) is 83.6 Å². The number of amides is 3. The van der Waals surface area contributed by atoms with Gasteiger partial charge in [0.05, 0.1) is 11.4 Å². The number of nitrogens with one attached hydrogen (secondary N) is 1. The molecule has 3 amide bonds. The Morgan fingerprint density at radius 1 is 0.960 bits per heavy atom. The lowest BCUT2D eigenvalue weighted by Crippen LogP contribution is -2.59. The molecule has 2 aromatic carbocycles. The number of sulfonamides is 1. The van der Waals surface area contributed by atoms with E-state index in [0.717, 1.165) is 66.3 Å². The first-order valence-corrected chi connectivity index (χ1v) is 20.3. The molecule has 0 aromatic heterocycles. The van der Waals surface area contributed by atoms with Crippen molar-refractivity contribution in [2.24, 2.45) is 10.9 Å². The van der Waals surface area contributed by atoms with E-state index in [0.29, 0.717) is 29.5 Å². The number of amidine groups is 1. The van der Waals surface area contributed by atoms with Crippen molar-refractivity contribution in [3.05, 3.63) is 48.5 Å². The molecular formula is C37H52N4O7S2. The van der Waals surface area contributed by atoms with E-state index >= 15 is 0 Å². The van der Waals surface area contributed by atoms with Gasteiger partial charge in [0.25, 0.3) is 21.8 Å². The van der Waals surface area contributed by atoms with Gasteiger partial charge in [-0.25, -0.2) is 23.1 Å². The Bertz CT molecular complexity index is 1630. The number of ether oxygens (including phenoxy) is 2. The minimum atomic E-state index is -4.25. The van der Waals surface area contributed by atoms with E-state index in [4.69, 9.17) is 9.47 Å². The van der Waals surface area contributed by atoms with Crippen LogP contribution in [-0.4, -0.2) is 78.5 Å². The molecule has 2 aliphatic heterocycles. The lowest BCUT2D eigenvalue weighted by Gasteiger charge is -2.35. The summed E-state index contributed by atoms with van der Waals surface area (Å²) in [7, 11) is -4.25. The van der Waals surface area contributed by atoms with Crippen molar-refractivity contribution < 1.29 is 32.3 Å². The van der Waals surface area contributed by atoms with E-state index in [1.54, 1.807) is 36.0 Å². The Balaban J connectivity index is 1.70. The molecule has 2 atom stereocenters. The van der Waals surface area contributed by atoms with Gasteiger partial charge in [-0.3, -0.25) is 13.9 Å². The summed E-state index contributed by atoms with van der Waals surface area (Å²) in [6, 6.07) is 11.8. The summed E-state index contributed by atoms with van der Waals surface area (Å²) >= 11 is 1.63. The maximum Gasteiger partial charge on any atom is 0.418 e. The number of fused-ring (bicyclic) bond motifs is 1. The first-order chi connectivity index (χ1) is 24.0.